The minimum atomic E-state index is -0.714. The van der Waals surface area contributed by atoms with Crippen molar-refractivity contribution >= 4 is 35.5 Å². The molecule has 0 saturated heterocycles. The van der Waals surface area contributed by atoms with Gasteiger partial charge in [-0.25, -0.2) is 0 Å². The molecule has 2 heterocycles. The standard InChI is InChI=1S/C25H32O4S.C24H30O4S.H3N2.Na.H2O/c1-25(18-10-12-19(26)13-11-18)17-30-23-16-20(27)14-15-21(23)22(25)8-6-4-3-5-7-9-24(28)29-2;1-24(17-9-11-18(25)12-10-17)16-29-22-15-19(26)13-14-20(22)21(24)7-5-3-2-4-6-8-23(27)28;1-2;;/h10-16,22,26-27H,3-9,17H2,1-2H3;9-15,21,25-26H,2-8,16H2,1H3,(H,27,28);1H,2H2;;1H2/q;;-1;+1;/p-1/t22-,25-;21-,24-;;;/m11.../s1. The van der Waals surface area contributed by atoms with Crippen molar-refractivity contribution in [3.05, 3.63) is 113 Å². The predicted octanol–water partition coefficient (Wildman–Crippen LogP) is 8.95. The maximum Gasteiger partial charge on any atom is 1.00 e. The molecule has 14 heteroatoms. The van der Waals surface area contributed by atoms with Gasteiger partial charge in [-0.2, -0.15) is 0 Å². The first-order valence-corrected chi connectivity index (χ1v) is 23.4. The van der Waals surface area contributed by atoms with E-state index >= 15 is 0 Å². The maximum absolute atomic E-state index is 11.2. The molecular weight excluding hydrogens is 848 g/mol. The van der Waals surface area contributed by atoms with Crippen LogP contribution in [0.2, 0.25) is 0 Å². The fraction of sp³-hybridized carbons (Fsp3) is 0.469. The second kappa shape index (κ2) is 27.8. The number of aliphatic carboxylic acids is 1. The fourth-order valence-electron chi connectivity index (χ4n) is 8.82. The average molecular weight is 914 g/mol. The van der Waals surface area contributed by atoms with Crippen LogP contribution in [-0.2, 0) is 25.2 Å². The number of benzene rings is 4. The Bertz CT molecular complexity index is 1990. The van der Waals surface area contributed by atoms with Gasteiger partial charge in [0.2, 0.25) is 0 Å². The Hall–Kier alpha value is -3.40. The smallest absolute Gasteiger partial charge is 0.870 e. The van der Waals surface area contributed by atoms with Crippen LogP contribution in [0.5, 0.6) is 23.0 Å². The number of ether oxygens (including phenoxy) is 1. The third kappa shape index (κ3) is 15.9. The van der Waals surface area contributed by atoms with Crippen LogP contribution in [0.3, 0.4) is 0 Å². The predicted molar refractivity (Wildman–Crippen MR) is 249 cm³/mol. The summed E-state index contributed by atoms with van der Waals surface area (Å²) < 4.78 is 4.70. The SMILES string of the molecule is COC(=O)CCCCCCC[C@@H]1c2ccc(O)cc2SC[C@]1(C)c1ccc(O)cc1.C[C@]1(c2ccc(O)cc2)CSc2cc(O)ccc2[C@H]1CCCCCCCC(=O)O.[NH-]N.[Na+].[OH-]. The summed E-state index contributed by atoms with van der Waals surface area (Å²) in [7, 11) is 1.44. The number of hydrogen-bond donors (Lipinski definition) is 6. The maximum atomic E-state index is 11.2. The number of nitrogens with one attached hydrogen (secondary N) is 1. The Morgan fingerprint density at radius 3 is 1.33 bits per heavy atom. The van der Waals surface area contributed by atoms with Crippen LogP contribution in [0.4, 0.5) is 0 Å². The van der Waals surface area contributed by atoms with Crippen LogP contribution < -0.4 is 35.4 Å². The van der Waals surface area contributed by atoms with Crippen molar-refractivity contribution in [2.45, 2.75) is 136 Å². The molecule has 4 aromatic carbocycles. The van der Waals surface area contributed by atoms with E-state index in [0.29, 0.717) is 35.5 Å². The molecule has 340 valence electrons. The van der Waals surface area contributed by atoms with Crippen LogP contribution in [0.15, 0.2) is 94.7 Å². The number of esters is 1. The third-order valence-electron chi connectivity index (χ3n) is 12.4. The van der Waals surface area contributed by atoms with Crippen molar-refractivity contribution in [1.82, 2.24) is 0 Å². The van der Waals surface area contributed by atoms with E-state index in [1.807, 2.05) is 36.4 Å². The second-order valence-corrected chi connectivity index (χ2v) is 18.7. The fourth-order valence-corrected chi connectivity index (χ4v) is 11.6. The number of rotatable bonds is 18. The van der Waals surface area contributed by atoms with Crippen LogP contribution in [0.25, 0.3) is 5.84 Å². The number of phenolic OH excluding ortho intramolecular Hbond substituents is 4. The summed E-state index contributed by atoms with van der Waals surface area (Å²) >= 11 is 3.59. The first-order chi connectivity index (χ1) is 29.3. The molecule has 9 N–H and O–H groups in total. The largest absolute Gasteiger partial charge is 1.00 e. The molecule has 2 aliphatic rings. The van der Waals surface area contributed by atoms with Gasteiger partial charge in [0.25, 0.3) is 0 Å². The number of fused-ring (bicyclic) bond motifs is 2. The van der Waals surface area contributed by atoms with Crippen molar-refractivity contribution in [2.75, 3.05) is 18.6 Å². The van der Waals surface area contributed by atoms with Crippen LogP contribution in [-0.4, -0.2) is 61.6 Å². The number of nitrogens with two attached hydrogens (primary N) is 1. The zero-order valence-electron chi connectivity index (χ0n) is 37.4. The molecule has 0 amide bonds. The van der Waals surface area contributed by atoms with Gasteiger partial charge in [-0.1, -0.05) is 102 Å². The molecule has 11 nitrogen and oxygen atoms in total. The number of carbonyl (C=O) groups is 2. The first kappa shape index (κ1) is 55.7. The van der Waals surface area contributed by atoms with Gasteiger partial charge in [-0.3, -0.25) is 9.59 Å². The molecule has 0 bridgehead atoms. The Balaban J connectivity index is 0.000000405. The van der Waals surface area contributed by atoms with Gasteiger partial charge >= 0.3 is 41.5 Å². The van der Waals surface area contributed by atoms with E-state index in [1.54, 1.807) is 59.9 Å². The van der Waals surface area contributed by atoms with Crippen molar-refractivity contribution in [3.63, 3.8) is 0 Å². The molecule has 0 unspecified atom stereocenters. The van der Waals surface area contributed by atoms with E-state index < -0.39 is 5.97 Å². The van der Waals surface area contributed by atoms with E-state index in [0.717, 1.165) is 93.5 Å². The molecule has 4 atom stereocenters. The van der Waals surface area contributed by atoms with Gasteiger partial charge in [0.05, 0.1) is 7.11 Å². The Labute approximate surface area is 404 Å². The molecule has 2 aliphatic heterocycles. The van der Waals surface area contributed by atoms with E-state index in [9.17, 15) is 30.0 Å². The molecule has 0 saturated carbocycles. The summed E-state index contributed by atoms with van der Waals surface area (Å²) in [4.78, 5) is 24.2. The topological polar surface area (TPSA) is 224 Å². The van der Waals surface area contributed by atoms with Gasteiger partial charge in [0, 0.05) is 45.0 Å². The summed E-state index contributed by atoms with van der Waals surface area (Å²) in [6.45, 7) is 4.63. The molecular formula is C49H66N2NaO9S2-. The Morgan fingerprint density at radius 1 is 0.603 bits per heavy atom. The van der Waals surface area contributed by atoms with Crippen molar-refractivity contribution in [2.24, 2.45) is 5.84 Å². The summed E-state index contributed by atoms with van der Waals surface area (Å²) in [5.41, 5.74) is 4.99. The van der Waals surface area contributed by atoms with Gasteiger partial charge in [0.1, 0.15) is 23.0 Å². The van der Waals surface area contributed by atoms with Gasteiger partial charge < -0.3 is 47.4 Å². The molecule has 0 radical (unpaired) electrons. The Kier molecular flexibility index (Phi) is 24.6. The Morgan fingerprint density at radius 2 is 0.952 bits per heavy atom. The zero-order valence-corrected chi connectivity index (χ0v) is 41.0. The van der Waals surface area contributed by atoms with E-state index in [1.165, 1.54) is 34.3 Å². The van der Waals surface area contributed by atoms with Gasteiger partial charge in [-0.15, -0.1) is 23.5 Å². The first-order valence-electron chi connectivity index (χ1n) is 21.4. The van der Waals surface area contributed by atoms with Crippen LogP contribution in [0, 0.1) is 0 Å². The van der Waals surface area contributed by atoms with Crippen LogP contribution >= 0.6 is 23.5 Å². The van der Waals surface area contributed by atoms with E-state index in [-0.39, 0.29) is 64.0 Å². The second-order valence-electron chi connectivity index (χ2n) is 16.6. The number of carbonyl (C=O) groups excluding carboxylic acids is 1. The minimum Gasteiger partial charge on any atom is -0.870 e. The summed E-state index contributed by atoms with van der Waals surface area (Å²) in [5, 5.41) is 48.0. The van der Waals surface area contributed by atoms with Gasteiger partial charge in [-0.05, 0) is 108 Å². The molecule has 0 aliphatic carbocycles. The summed E-state index contributed by atoms with van der Waals surface area (Å²) in [5.74, 6) is 11.9. The number of hydrogen-bond acceptors (Lipinski definition) is 11. The van der Waals surface area contributed by atoms with Crippen molar-refractivity contribution in [1.29, 1.82) is 0 Å². The minimum absolute atomic E-state index is 0. The number of aromatic hydroxyl groups is 4. The van der Waals surface area contributed by atoms with Crippen molar-refractivity contribution in [3.8, 4) is 23.0 Å². The number of phenols is 4. The average Bonchev–Trinajstić information content (AvgIpc) is 3.25. The molecule has 63 heavy (non-hydrogen) atoms. The third-order valence-corrected chi connectivity index (χ3v) is 15.2. The van der Waals surface area contributed by atoms with Crippen molar-refractivity contribution < 1.29 is 74.9 Å². The number of unbranched alkanes of at least 4 members (excludes halogenated alkanes) is 8. The van der Waals surface area contributed by atoms with E-state index in [4.69, 9.17) is 15.7 Å². The summed E-state index contributed by atoms with van der Waals surface area (Å²) in [6.07, 6.45) is 13.2. The monoisotopic (exact) mass is 913 g/mol. The number of carboxylic acids is 1. The normalized spacial score (nSPS) is 19.5. The molecule has 0 aromatic heterocycles. The molecule has 4 aromatic rings. The molecule has 6 rings (SSSR count). The zero-order chi connectivity index (χ0) is 44.4. The molecule has 0 spiro atoms. The number of carboxylic acid groups (broad SMARTS) is 1. The molecule has 0 fully saturated rings. The summed E-state index contributed by atoms with van der Waals surface area (Å²) in [6, 6.07) is 26.7. The van der Waals surface area contributed by atoms with Gasteiger partial charge in [0.15, 0.2) is 0 Å². The van der Waals surface area contributed by atoms with E-state index in [2.05, 4.69) is 31.8 Å². The quantitative estimate of drug-likeness (QED) is 0.0181. The number of methoxy groups -OCH3 is 1. The van der Waals surface area contributed by atoms with Crippen LogP contribution in [0.1, 0.15) is 138 Å². The number of thioether (sulfide) groups is 2.